The minimum absolute atomic E-state index is 0.0305. The third-order valence-corrected chi connectivity index (χ3v) is 6.96. The zero-order valence-corrected chi connectivity index (χ0v) is 20.5. The van der Waals surface area contributed by atoms with Crippen LogP contribution in [0, 0.1) is 5.92 Å². The molecule has 0 amide bonds. The summed E-state index contributed by atoms with van der Waals surface area (Å²) in [5.41, 5.74) is 4.20. The highest BCUT2D eigenvalue weighted by molar-refractivity contribution is 5.80. The number of hydrogen-bond acceptors (Lipinski definition) is 5. The van der Waals surface area contributed by atoms with Gasteiger partial charge in [0.05, 0.1) is 12.6 Å². The lowest BCUT2D eigenvalue weighted by atomic mass is 9.96. The molecule has 0 aliphatic heterocycles. The summed E-state index contributed by atoms with van der Waals surface area (Å²) in [6.45, 7) is 4.96. The quantitative estimate of drug-likeness (QED) is 0.389. The number of hydrogen-bond donors (Lipinski definition) is 1. The molecule has 1 saturated carbocycles. The third kappa shape index (κ3) is 5.11. The Balaban J connectivity index is 1.42. The Morgan fingerprint density at radius 1 is 1.00 bits per heavy atom. The number of benzene rings is 2. The van der Waals surface area contributed by atoms with Crippen LogP contribution in [0.3, 0.4) is 0 Å². The molecule has 1 aliphatic rings. The zero-order chi connectivity index (χ0) is 24.2. The Morgan fingerprint density at radius 2 is 1.74 bits per heavy atom. The molecule has 0 atom stereocenters. The number of nitrogens with one attached hydrogen (secondary N) is 1. The average Bonchev–Trinajstić information content (AvgIpc) is 3.53. The van der Waals surface area contributed by atoms with Crippen molar-refractivity contribution in [3.8, 4) is 22.5 Å². The van der Waals surface area contributed by atoms with Crippen molar-refractivity contribution in [1.29, 1.82) is 0 Å². The number of nitrogens with zero attached hydrogens (tertiary/aromatic N) is 6. The molecule has 0 radical (unpaired) electrons. The van der Waals surface area contributed by atoms with Crippen LogP contribution in [-0.2, 0) is 13.0 Å². The molecule has 0 saturated heterocycles. The largest absolute Gasteiger partial charge is 0.346 e. The molecule has 8 nitrogen and oxygen atoms in total. The molecule has 35 heavy (non-hydrogen) atoms. The fourth-order valence-corrected chi connectivity index (χ4v) is 4.97. The first-order valence-electron chi connectivity index (χ1n) is 12.7. The van der Waals surface area contributed by atoms with Crippen LogP contribution in [0.2, 0.25) is 0 Å². The Hall–Kier alpha value is -3.55. The average molecular weight is 472 g/mol. The number of tetrazole rings is 1. The Kier molecular flexibility index (Phi) is 6.88. The smallest absolute Gasteiger partial charge is 0.274 e. The Labute approximate surface area is 205 Å². The lowest BCUT2D eigenvalue weighted by Gasteiger charge is -2.20. The van der Waals surface area contributed by atoms with Crippen LogP contribution in [-0.4, -0.2) is 35.0 Å². The van der Waals surface area contributed by atoms with E-state index in [1.165, 1.54) is 19.3 Å². The van der Waals surface area contributed by atoms with Crippen LogP contribution in [0.25, 0.3) is 22.5 Å². The molecule has 0 unspecified atom stereocenters. The predicted molar refractivity (Wildman–Crippen MR) is 136 cm³/mol. The van der Waals surface area contributed by atoms with Gasteiger partial charge in [-0.3, -0.25) is 4.57 Å². The zero-order valence-electron chi connectivity index (χ0n) is 20.5. The monoisotopic (exact) mass is 471 g/mol. The van der Waals surface area contributed by atoms with Crippen molar-refractivity contribution in [1.82, 2.24) is 35.0 Å². The van der Waals surface area contributed by atoms with Gasteiger partial charge in [0, 0.05) is 12.0 Å². The van der Waals surface area contributed by atoms with Crippen LogP contribution >= 0.6 is 0 Å². The van der Waals surface area contributed by atoms with Crippen LogP contribution in [0.15, 0.2) is 53.3 Å². The van der Waals surface area contributed by atoms with Gasteiger partial charge in [0.25, 0.3) is 0 Å². The molecule has 2 heterocycles. The van der Waals surface area contributed by atoms with Crippen molar-refractivity contribution in [2.75, 3.05) is 0 Å². The van der Waals surface area contributed by atoms with E-state index in [2.05, 4.69) is 64.8 Å². The SMILES string of the molecule is CC(C)CCc1nn(C2CCCCC2)c(=O)n1Cc1ccc(-c2ccccc2-c2nnn[nH]2)cc1. The third-order valence-electron chi connectivity index (χ3n) is 6.96. The maximum atomic E-state index is 13.4. The Bertz CT molecular complexity index is 1300. The molecular formula is C27H33N7O. The van der Waals surface area contributed by atoms with Crippen LogP contribution in [0.5, 0.6) is 0 Å². The highest BCUT2D eigenvalue weighted by Gasteiger charge is 2.22. The highest BCUT2D eigenvalue weighted by Crippen LogP contribution is 2.30. The van der Waals surface area contributed by atoms with Gasteiger partial charge in [-0.05, 0) is 52.3 Å². The summed E-state index contributed by atoms with van der Waals surface area (Å²) in [7, 11) is 0. The van der Waals surface area contributed by atoms with Gasteiger partial charge in [-0.1, -0.05) is 81.6 Å². The molecule has 5 rings (SSSR count). The summed E-state index contributed by atoms with van der Waals surface area (Å²) in [5, 5.41) is 19.2. The van der Waals surface area contributed by atoms with Gasteiger partial charge in [-0.25, -0.2) is 14.6 Å². The second kappa shape index (κ2) is 10.4. The minimum Gasteiger partial charge on any atom is -0.274 e. The molecule has 0 bridgehead atoms. The number of rotatable bonds is 8. The number of H-pyrrole nitrogens is 1. The first-order chi connectivity index (χ1) is 17.1. The second-order valence-electron chi connectivity index (χ2n) is 9.95. The summed E-state index contributed by atoms with van der Waals surface area (Å²) in [4.78, 5) is 13.4. The molecule has 1 aliphatic carbocycles. The first kappa shape index (κ1) is 23.2. The van der Waals surface area contributed by atoms with Crippen molar-refractivity contribution in [2.24, 2.45) is 5.92 Å². The van der Waals surface area contributed by atoms with E-state index in [1.807, 2.05) is 22.8 Å². The van der Waals surface area contributed by atoms with E-state index in [0.717, 1.165) is 53.8 Å². The topological polar surface area (TPSA) is 94.3 Å². The molecule has 182 valence electrons. The summed E-state index contributed by atoms with van der Waals surface area (Å²) in [5.74, 6) is 2.11. The van der Waals surface area contributed by atoms with Gasteiger partial charge in [0.2, 0.25) is 0 Å². The van der Waals surface area contributed by atoms with E-state index in [1.54, 1.807) is 4.68 Å². The maximum Gasteiger partial charge on any atom is 0.346 e. The molecule has 4 aromatic rings. The van der Waals surface area contributed by atoms with Gasteiger partial charge in [0.15, 0.2) is 5.82 Å². The second-order valence-corrected chi connectivity index (χ2v) is 9.95. The van der Waals surface area contributed by atoms with Crippen molar-refractivity contribution in [3.05, 3.63) is 70.4 Å². The molecule has 2 aromatic heterocycles. The maximum absolute atomic E-state index is 13.4. The van der Waals surface area contributed by atoms with E-state index in [9.17, 15) is 4.79 Å². The number of aromatic nitrogens is 7. The summed E-state index contributed by atoms with van der Waals surface area (Å²) in [6, 6.07) is 16.7. The van der Waals surface area contributed by atoms with Crippen LogP contribution < -0.4 is 5.69 Å². The Morgan fingerprint density at radius 3 is 2.43 bits per heavy atom. The van der Waals surface area contributed by atoms with Crippen molar-refractivity contribution in [2.45, 2.75) is 71.4 Å². The summed E-state index contributed by atoms with van der Waals surface area (Å²) >= 11 is 0. The van der Waals surface area contributed by atoms with E-state index < -0.39 is 0 Å². The standard InChI is InChI=1S/C27H33N7O/c1-19(2)12-17-25-30-34(22-8-4-3-5-9-22)27(35)33(25)18-20-13-15-21(16-14-20)23-10-6-7-11-24(23)26-28-31-32-29-26/h6-7,10-11,13-16,19,22H,3-5,8-9,12,17-18H2,1-2H3,(H,28,29,31,32). The lowest BCUT2D eigenvalue weighted by molar-refractivity contribution is 0.319. The van der Waals surface area contributed by atoms with Crippen molar-refractivity contribution >= 4 is 0 Å². The molecular weight excluding hydrogens is 438 g/mol. The van der Waals surface area contributed by atoms with E-state index in [-0.39, 0.29) is 11.7 Å². The molecule has 1 fully saturated rings. The van der Waals surface area contributed by atoms with Gasteiger partial charge < -0.3 is 0 Å². The fraction of sp³-hybridized carbons (Fsp3) is 0.444. The summed E-state index contributed by atoms with van der Waals surface area (Å²) in [6.07, 6.45) is 7.56. The van der Waals surface area contributed by atoms with Gasteiger partial charge >= 0.3 is 5.69 Å². The summed E-state index contributed by atoms with van der Waals surface area (Å²) < 4.78 is 3.67. The predicted octanol–water partition coefficient (Wildman–Crippen LogP) is 5.03. The van der Waals surface area contributed by atoms with E-state index in [0.29, 0.717) is 18.3 Å². The van der Waals surface area contributed by atoms with Gasteiger partial charge in [0.1, 0.15) is 5.82 Å². The normalized spacial score (nSPS) is 14.6. The minimum atomic E-state index is 0.0305. The van der Waals surface area contributed by atoms with Gasteiger partial charge in [-0.2, -0.15) is 5.10 Å². The van der Waals surface area contributed by atoms with Gasteiger partial charge in [-0.15, -0.1) is 5.10 Å². The van der Waals surface area contributed by atoms with Crippen LogP contribution in [0.4, 0.5) is 0 Å². The molecule has 8 heteroatoms. The molecule has 2 aromatic carbocycles. The van der Waals surface area contributed by atoms with Crippen molar-refractivity contribution in [3.63, 3.8) is 0 Å². The van der Waals surface area contributed by atoms with E-state index in [4.69, 9.17) is 5.10 Å². The lowest BCUT2D eigenvalue weighted by Crippen LogP contribution is -2.30. The first-order valence-corrected chi connectivity index (χ1v) is 12.7. The molecule has 0 spiro atoms. The number of aromatic amines is 1. The van der Waals surface area contributed by atoms with Crippen molar-refractivity contribution < 1.29 is 0 Å². The van der Waals surface area contributed by atoms with Crippen LogP contribution in [0.1, 0.15) is 69.8 Å². The number of aryl methyl sites for hydroxylation is 1. The van der Waals surface area contributed by atoms with E-state index >= 15 is 0 Å². The molecule has 1 N–H and O–H groups in total. The fourth-order valence-electron chi connectivity index (χ4n) is 4.97. The highest BCUT2D eigenvalue weighted by atomic mass is 16.2.